The van der Waals surface area contributed by atoms with E-state index in [1.807, 2.05) is 13.8 Å². The van der Waals surface area contributed by atoms with Crippen LogP contribution in [-0.2, 0) is 4.79 Å². The van der Waals surface area contributed by atoms with Gasteiger partial charge in [0.1, 0.15) is 0 Å². The second kappa shape index (κ2) is 8.60. The third kappa shape index (κ3) is 4.64. The van der Waals surface area contributed by atoms with Crippen LogP contribution in [0.3, 0.4) is 0 Å². The van der Waals surface area contributed by atoms with Crippen LogP contribution in [0.1, 0.15) is 49.9 Å². The lowest BCUT2D eigenvalue weighted by Gasteiger charge is -2.33. The third-order valence-electron chi connectivity index (χ3n) is 6.01. The van der Waals surface area contributed by atoms with Gasteiger partial charge in [-0.15, -0.1) is 0 Å². The Morgan fingerprint density at radius 3 is 2.61 bits per heavy atom. The van der Waals surface area contributed by atoms with Crippen molar-refractivity contribution in [3.05, 3.63) is 33.8 Å². The zero-order valence-electron chi connectivity index (χ0n) is 16.4. The van der Waals surface area contributed by atoms with E-state index in [0.717, 1.165) is 25.7 Å². The molecule has 2 atom stereocenters. The number of hydrogen-bond donors (Lipinski definition) is 2. The van der Waals surface area contributed by atoms with Gasteiger partial charge in [-0.05, 0) is 49.8 Å². The molecule has 2 N–H and O–H groups in total. The van der Waals surface area contributed by atoms with Gasteiger partial charge in [-0.3, -0.25) is 9.59 Å². The summed E-state index contributed by atoms with van der Waals surface area (Å²) in [5.74, 6) is -0.223. The molecule has 1 aliphatic carbocycles. The molecule has 2 aliphatic rings. The number of aliphatic hydroxyl groups is 1. The number of aliphatic hydroxyl groups excluding tert-OH is 1. The molecule has 1 aliphatic heterocycles. The van der Waals surface area contributed by atoms with E-state index in [2.05, 4.69) is 5.32 Å². The van der Waals surface area contributed by atoms with Crippen LogP contribution in [-0.4, -0.2) is 47.6 Å². The molecule has 1 saturated carbocycles. The van der Waals surface area contributed by atoms with Crippen LogP contribution in [0.4, 0.5) is 0 Å². The summed E-state index contributed by atoms with van der Waals surface area (Å²) in [7, 11) is 0. The quantitative estimate of drug-likeness (QED) is 0.727. The highest BCUT2D eigenvalue weighted by atomic mass is 35.5. The fourth-order valence-electron chi connectivity index (χ4n) is 4.04. The molecule has 7 heteroatoms. The van der Waals surface area contributed by atoms with Gasteiger partial charge in [0, 0.05) is 30.6 Å². The summed E-state index contributed by atoms with van der Waals surface area (Å²) in [6, 6.07) is 4.84. The second-order valence-corrected chi connectivity index (χ2v) is 9.30. The van der Waals surface area contributed by atoms with Crippen molar-refractivity contribution in [2.45, 2.75) is 45.6 Å². The molecule has 154 valence electrons. The van der Waals surface area contributed by atoms with Gasteiger partial charge in [0.2, 0.25) is 5.91 Å². The molecular formula is C21H28Cl2N2O3. The lowest BCUT2D eigenvalue weighted by molar-refractivity contribution is -0.126. The van der Waals surface area contributed by atoms with E-state index in [4.69, 9.17) is 23.2 Å². The Morgan fingerprint density at radius 2 is 2.00 bits per heavy atom. The van der Waals surface area contributed by atoms with Crippen molar-refractivity contribution in [1.29, 1.82) is 0 Å². The lowest BCUT2D eigenvalue weighted by Crippen LogP contribution is -2.47. The van der Waals surface area contributed by atoms with Gasteiger partial charge in [0.15, 0.2) is 0 Å². The molecule has 0 aromatic heterocycles. The monoisotopic (exact) mass is 426 g/mol. The molecule has 1 saturated heterocycles. The van der Waals surface area contributed by atoms with Crippen molar-refractivity contribution in [2.75, 3.05) is 19.6 Å². The van der Waals surface area contributed by atoms with Gasteiger partial charge in [0.25, 0.3) is 5.91 Å². The van der Waals surface area contributed by atoms with E-state index in [1.165, 1.54) is 0 Å². The van der Waals surface area contributed by atoms with Gasteiger partial charge in [0.05, 0.1) is 22.1 Å². The minimum Gasteiger partial charge on any atom is -0.392 e. The first-order valence-corrected chi connectivity index (χ1v) is 10.7. The number of nitrogens with one attached hydrogen (secondary N) is 1. The number of halogens is 2. The second-order valence-electron chi connectivity index (χ2n) is 8.49. The number of likely N-dealkylation sites (tertiary alicyclic amines) is 1. The molecular weight excluding hydrogens is 399 g/mol. The number of rotatable bonds is 6. The number of carbonyl (C=O) groups excluding carboxylic acids is 2. The first kappa shape index (κ1) is 21.4. The average molecular weight is 427 g/mol. The molecule has 2 unspecified atom stereocenters. The highest BCUT2D eigenvalue weighted by molar-refractivity contribution is 6.42. The maximum atomic E-state index is 12.8. The number of carbonyl (C=O) groups is 2. The maximum absolute atomic E-state index is 12.8. The van der Waals surface area contributed by atoms with Gasteiger partial charge >= 0.3 is 0 Å². The van der Waals surface area contributed by atoms with Crippen molar-refractivity contribution in [3.8, 4) is 0 Å². The molecule has 2 amide bonds. The van der Waals surface area contributed by atoms with Crippen LogP contribution in [0.15, 0.2) is 18.2 Å². The predicted molar refractivity (Wildman–Crippen MR) is 111 cm³/mol. The van der Waals surface area contributed by atoms with Gasteiger partial charge < -0.3 is 15.3 Å². The minimum absolute atomic E-state index is 0.0335. The summed E-state index contributed by atoms with van der Waals surface area (Å²) >= 11 is 12.0. The first-order chi connectivity index (χ1) is 13.2. The molecule has 1 aromatic rings. The van der Waals surface area contributed by atoms with E-state index in [1.54, 1.807) is 23.1 Å². The van der Waals surface area contributed by atoms with Crippen molar-refractivity contribution in [1.82, 2.24) is 10.2 Å². The Balaban J connectivity index is 1.57. The molecule has 0 spiro atoms. The van der Waals surface area contributed by atoms with Crippen LogP contribution in [0.2, 0.25) is 10.0 Å². The predicted octanol–water partition coefficient (Wildman–Crippen LogP) is 3.76. The smallest absolute Gasteiger partial charge is 0.253 e. The molecule has 5 nitrogen and oxygen atoms in total. The normalized spacial score (nSPS) is 22.1. The largest absolute Gasteiger partial charge is 0.392 e. The summed E-state index contributed by atoms with van der Waals surface area (Å²) in [5, 5.41) is 14.2. The van der Waals surface area contributed by atoms with Gasteiger partial charge in [-0.25, -0.2) is 0 Å². The van der Waals surface area contributed by atoms with E-state index in [0.29, 0.717) is 35.2 Å². The van der Waals surface area contributed by atoms with Crippen LogP contribution in [0, 0.1) is 17.3 Å². The van der Waals surface area contributed by atoms with Crippen LogP contribution in [0.25, 0.3) is 0 Å². The Labute approximate surface area is 176 Å². The Morgan fingerprint density at radius 1 is 1.29 bits per heavy atom. The highest BCUT2D eigenvalue weighted by Gasteiger charge is 2.50. The summed E-state index contributed by atoms with van der Waals surface area (Å²) in [5.41, 5.74) is 0.307. The number of nitrogens with zero attached hydrogens (tertiary/aromatic N) is 1. The van der Waals surface area contributed by atoms with Crippen LogP contribution in [0.5, 0.6) is 0 Å². The van der Waals surface area contributed by atoms with Gasteiger partial charge in [-0.2, -0.15) is 0 Å². The SMILES string of the molecule is CC(C)C(O)C1(CNC(=O)C2CCCN(C(=O)c3ccc(Cl)c(Cl)c3)C2)CC1. The highest BCUT2D eigenvalue weighted by Crippen LogP contribution is 2.50. The topological polar surface area (TPSA) is 69.6 Å². The Bertz CT molecular complexity index is 749. The van der Waals surface area contributed by atoms with Crippen LogP contribution < -0.4 is 5.32 Å². The summed E-state index contributed by atoms with van der Waals surface area (Å²) in [6.07, 6.45) is 3.03. The van der Waals surface area contributed by atoms with E-state index in [-0.39, 0.29) is 29.1 Å². The lowest BCUT2D eigenvalue weighted by atomic mass is 9.89. The average Bonchev–Trinajstić information content (AvgIpc) is 3.48. The van der Waals surface area contributed by atoms with Crippen molar-refractivity contribution >= 4 is 35.0 Å². The Kier molecular flexibility index (Phi) is 6.58. The standard InChI is InChI=1S/C21H28Cl2N2O3/c1-13(2)18(26)21(7-8-21)12-24-19(27)15-4-3-9-25(11-15)20(28)14-5-6-16(22)17(23)10-14/h5-6,10,13,15,18,26H,3-4,7-9,11-12H2,1-2H3,(H,24,27). The number of hydrogen-bond acceptors (Lipinski definition) is 3. The Hall–Kier alpha value is -1.30. The molecule has 2 fully saturated rings. The molecule has 0 bridgehead atoms. The molecule has 0 radical (unpaired) electrons. The van der Waals surface area contributed by atoms with Crippen molar-refractivity contribution < 1.29 is 14.7 Å². The summed E-state index contributed by atoms with van der Waals surface area (Å²) in [4.78, 5) is 27.2. The number of benzene rings is 1. The fourth-order valence-corrected chi connectivity index (χ4v) is 4.34. The minimum atomic E-state index is -0.396. The summed E-state index contributed by atoms with van der Waals surface area (Å²) < 4.78 is 0. The third-order valence-corrected chi connectivity index (χ3v) is 6.75. The zero-order valence-corrected chi connectivity index (χ0v) is 17.9. The van der Waals surface area contributed by atoms with Crippen molar-refractivity contribution in [2.24, 2.45) is 17.3 Å². The maximum Gasteiger partial charge on any atom is 0.253 e. The molecule has 1 heterocycles. The fraction of sp³-hybridized carbons (Fsp3) is 0.619. The zero-order chi connectivity index (χ0) is 20.5. The van der Waals surface area contributed by atoms with E-state index in [9.17, 15) is 14.7 Å². The molecule has 28 heavy (non-hydrogen) atoms. The number of amides is 2. The number of piperidine rings is 1. The van der Waals surface area contributed by atoms with E-state index < -0.39 is 6.10 Å². The van der Waals surface area contributed by atoms with Gasteiger partial charge in [-0.1, -0.05) is 37.0 Å². The summed E-state index contributed by atoms with van der Waals surface area (Å²) in [6.45, 7) is 5.52. The molecule has 3 rings (SSSR count). The van der Waals surface area contributed by atoms with Crippen molar-refractivity contribution in [3.63, 3.8) is 0 Å². The first-order valence-electron chi connectivity index (χ1n) is 9.93. The van der Waals surface area contributed by atoms with E-state index >= 15 is 0 Å². The molecule has 1 aromatic carbocycles. The van der Waals surface area contributed by atoms with Crippen LogP contribution >= 0.6 is 23.2 Å².